The minimum Gasteiger partial charge on any atom is -0.491 e. The van der Waals surface area contributed by atoms with E-state index in [1.807, 2.05) is 54.6 Å². The van der Waals surface area contributed by atoms with Crippen LogP contribution in [0.3, 0.4) is 0 Å². The molecule has 0 bridgehead atoms. The second-order valence-corrected chi connectivity index (χ2v) is 8.28. The molecule has 2 aromatic carbocycles. The molecule has 1 unspecified atom stereocenters. The number of rotatable bonds is 15. The van der Waals surface area contributed by atoms with Crippen molar-refractivity contribution in [3.05, 3.63) is 54.6 Å². The van der Waals surface area contributed by atoms with Crippen LogP contribution in [0.2, 0.25) is 0 Å². The van der Waals surface area contributed by atoms with Gasteiger partial charge in [0.25, 0.3) is 0 Å². The van der Waals surface area contributed by atoms with Crippen LogP contribution in [0.4, 0.5) is 5.69 Å². The summed E-state index contributed by atoms with van der Waals surface area (Å²) in [5, 5.41) is 16.1. The molecular weight excluding hydrogens is 420 g/mol. The molecule has 7 nitrogen and oxygen atoms in total. The molecule has 3 N–H and O–H groups in total. The predicted molar refractivity (Wildman–Crippen MR) is 129 cm³/mol. The highest BCUT2D eigenvalue weighted by Gasteiger charge is 2.14. The van der Waals surface area contributed by atoms with Crippen molar-refractivity contribution in [2.45, 2.75) is 50.7 Å². The molecule has 0 radical (unpaired) electrons. The Morgan fingerprint density at radius 2 is 1.67 bits per heavy atom. The number of amides is 1. The average Bonchev–Trinajstić information content (AvgIpc) is 3.35. The maximum atomic E-state index is 11.9. The average molecular weight is 457 g/mol. The predicted octanol–water partition coefficient (Wildman–Crippen LogP) is 3.77. The third kappa shape index (κ3) is 10.2. The van der Waals surface area contributed by atoms with Crippen LogP contribution >= 0.6 is 0 Å². The first-order chi connectivity index (χ1) is 16.2. The number of carbonyl (C=O) groups is 1. The van der Waals surface area contributed by atoms with E-state index in [2.05, 4.69) is 10.6 Å². The largest absolute Gasteiger partial charge is 0.491 e. The van der Waals surface area contributed by atoms with Crippen molar-refractivity contribution in [2.24, 2.45) is 0 Å². The number of para-hydroxylation sites is 1. The topological polar surface area (TPSA) is 89.1 Å². The lowest BCUT2D eigenvalue weighted by atomic mass is 10.2. The van der Waals surface area contributed by atoms with Gasteiger partial charge in [-0.25, -0.2) is 0 Å². The van der Waals surface area contributed by atoms with Crippen molar-refractivity contribution >= 4 is 11.6 Å². The molecule has 1 aliphatic carbocycles. The fourth-order valence-electron chi connectivity index (χ4n) is 3.70. The Morgan fingerprint density at radius 3 is 2.39 bits per heavy atom. The van der Waals surface area contributed by atoms with E-state index in [1.165, 1.54) is 25.7 Å². The van der Waals surface area contributed by atoms with E-state index in [0.717, 1.165) is 11.4 Å². The third-order valence-electron chi connectivity index (χ3n) is 5.47. The van der Waals surface area contributed by atoms with Gasteiger partial charge in [-0.1, -0.05) is 31.0 Å². The van der Waals surface area contributed by atoms with Gasteiger partial charge in [0.1, 0.15) is 30.8 Å². The molecule has 0 aromatic heterocycles. The molecule has 2 aromatic rings. The maximum Gasteiger partial charge on any atom is 0.224 e. The standard InChI is InChI=1S/C26H36N2O5/c29-22(19-27-16-6-11-26(30)28-21-7-2-1-3-8-21)20-33-25-14-12-24(13-15-25)32-18-17-31-23-9-4-5-10-23/h1-3,7-8,12-15,22-23,27,29H,4-6,9-11,16-20H2,(H,28,30). The van der Waals surface area contributed by atoms with Crippen LogP contribution in [0.5, 0.6) is 11.5 Å². The molecule has 180 valence electrons. The summed E-state index contributed by atoms with van der Waals surface area (Å²) in [6.07, 6.45) is 5.77. The smallest absolute Gasteiger partial charge is 0.224 e. The maximum absolute atomic E-state index is 11.9. The Morgan fingerprint density at radius 1 is 0.970 bits per heavy atom. The number of aliphatic hydroxyl groups is 1. The molecule has 3 rings (SSSR count). The third-order valence-corrected chi connectivity index (χ3v) is 5.47. The van der Waals surface area contributed by atoms with Crippen LogP contribution in [0.25, 0.3) is 0 Å². The summed E-state index contributed by atoms with van der Waals surface area (Å²) in [6, 6.07) is 16.8. The number of carbonyl (C=O) groups excluding carboxylic acids is 1. The molecule has 0 aliphatic heterocycles. The van der Waals surface area contributed by atoms with E-state index >= 15 is 0 Å². The van der Waals surface area contributed by atoms with Crippen molar-refractivity contribution in [1.29, 1.82) is 0 Å². The van der Waals surface area contributed by atoms with Crippen LogP contribution < -0.4 is 20.1 Å². The Labute approximate surface area is 196 Å². The van der Waals surface area contributed by atoms with E-state index in [-0.39, 0.29) is 12.5 Å². The molecular formula is C26H36N2O5. The molecule has 7 heteroatoms. The van der Waals surface area contributed by atoms with Crippen LogP contribution in [-0.2, 0) is 9.53 Å². The number of aliphatic hydroxyl groups excluding tert-OH is 1. The SMILES string of the molecule is O=C(CCCNCC(O)COc1ccc(OCCOC2CCCC2)cc1)Nc1ccccc1. The van der Waals surface area contributed by atoms with E-state index in [4.69, 9.17) is 14.2 Å². The molecule has 0 heterocycles. The molecule has 0 saturated heterocycles. The summed E-state index contributed by atoms with van der Waals surface area (Å²) in [5.74, 6) is 1.44. The molecule has 1 aliphatic rings. The minimum atomic E-state index is -0.633. The fraction of sp³-hybridized carbons (Fsp3) is 0.500. The molecule has 1 saturated carbocycles. The summed E-state index contributed by atoms with van der Waals surface area (Å²) in [5.41, 5.74) is 0.802. The van der Waals surface area contributed by atoms with E-state index in [1.54, 1.807) is 0 Å². The van der Waals surface area contributed by atoms with Gasteiger partial charge in [-0.05, 0) is 62.2 Å². The second kappa shape index (κ2) is 14.5. The van der Waals surface area contributed by atoms with Gasteiger partial charge in [-0.3, -0.25) is 4.79 Å². The lowest BCUT2D eigenvalue weighted by Gasteiger charge is -2.14. The van der Waals surface area contributed by atoms with E-state index in [0.29, 0.717) is 51.0 Å². The van der Waals surface area contributed by atoms with Gasteiger partial charge in [0.15, 0.2) is 0 Å². The number of anilines is 1. The van der Waals surface area contributed by atoms with E-state index in [9.17, 15) is 9.90 Å². The minimum absolute atomic E-state index is 0.0133. The normalized spacial score (nSPS) is 14.7. The van der Waals surface area contributed by atoms with Crippen LogP contribution in [0.1, 0.15) is 38.5 Å². The number of ether oxygens (including phenoxy) is 3. The quantitative estimate of drug-likeness (QED) is 0.354. The van der Waals surface area contributed by atoms with Gasteiger partial charge in [-0.2, -0.15) is 0 Å². The number of hydrogen-bond acceptors (Lipinski definition) is 6. The molecule has 33 heavy (non-hydrogen) atoms. The van der Waals surface area contributed by atoms with Crippen molar-refractivity contribution in [2.75, 3.05) is 38.2 Å². The summed E-state index contributed by atoms with van der Waals surface area (Å²) >= 11 is 0. The summed E-state index contributed by atoms with van der Waals surface area (Å²) in [6.45, 7) is 2.39. The Kier molecular flexibility index (Phi) is 11.0. The van der Waals surface area contributed by atoms with Gasteiger partial charge < -0.3 is 30.0 Å². The van der Waals surface area contributed by atoms with Gasteiger partial charge in [0.05, 0.1) is 12.7 Å². The zero-order valence-corrected chi connectivity index (χ0v) is 19.2. The summed E-state index contributed by atoms with van der Waals surface area (Å²) in [4.78, 5) is 11.9. The number of benzene rings is 2. The Hall–Kier alpha value is -2.61. The van der Waals surface area contributed by atoms with Gasteiger partial charge >= 0.3 is 0 Å². The van der Waals surface area contributed by atoms with Gasteiger partial charge in [0.2, 0.25) is 5.91 Å². The molecule has 1 fully saturated rings. The molecule has 0 spiro atoms. The molecule has 1 atom stereocenters. The first-order valence-electron chi connectivity index (χ1n) is 11.9. The lowest BCUT2D eigenvalue weighted by Crippen LogP contribution is -2.32. The zero-order chi connectivity index (χ0) is 23.1. The number of hydrogen-bond donors (Lipinski definition) is 3. The van der Waals surface area contributed by atoms with Crippen molar-refractivity contribution in [3.63, 3.8) is 0 Å². The highest BCUT2D eigenvalue weighted by Crippen LogP contribution is 2.21. The molecule has 1 amide bonds. The second-order valence-electron chi connectivity index (χ2n) is 8.28. The fourth-order valence-corrected chi connectivity index (χ4v) is 3.70. The Bertz CT molecular complexity index is 794. The van der Waals surface area contributed by atoms with Crippen LogP contribution in [0, 0.1) is 0 Å². The van der Waals surface area contributed by atoms with E-state index < -0.39 is 6.10 Å². The van der Waals surface area contributed by atoms with Crippen molar-refractivity contribution in [1.82, 2.24) is 5.32 Å². The highest BCUT2D eigenvalue weighted by atomic mass is 16.5. The van der Waals surface area contributed by atoms with Gasteiger partial charge in [0, 0.05) is 18.7 Å². The Balaban J connectivity index is 1.19. The summed E-state index contributed by atoms with van der Waals surface area (Å²) in [7, 11) is 0. The first kappa shape index (κ1) is 25.0. The van der Waals surface area contributed by atoms with Crippen LogP contribution in [0.15, 0.2) is 54.6 Å². The monoisotopic (exact) mass is 456 g/mol. The van der Waals surface area contributed by atoms with Crippen molar-refractivity contribution < 1.29 is 24.1 Å². The zero-order valence-electron chi connectivity index (χ0n) is 19.2. The highest BCUT2D eigenvalue weighted by molar-refractivity contribution is 5.90. The number of nitrogens with one attached hydrogen (secondary N) is 2. The van der Waals surface area contributed by atoms with Gasteiger partial charge in [-0.15, -0.1) is 0 Å². The van der Waals surface area contributed by atoms with Crippen LogP contribution in [-0.4, -0.2) is 56.1 Å². The first-order valence-corrected chi connectivity index (χ1v) is 11.9. The summed E-state index contributed by atoms with van der Waals surface area (Å²) < 4.78 is 17.1. The lowest BCUT2D eigenvalue weighted by molar-refractivity contribution is -0.116. The van der Waals surface area contributed by atoms with Crippen molar-refractivity contribution in [3.8, 4) is 11.5 Å².